The van der Waals surface area contributed by atoms with Gasteiger partial charge in [0.15, 0.2) is 0 Å². The molecule has 0 aliphatic rings. The van der Waals surface area contributed by atoms with Crippen LogP contribution in [0.2, 0.25) is 0 Å². The first-order valence-corrected chi connectivity index (χ1v) is 6.50. The normalized spacial score (nSPS) is 9.94. The molecule has 0 saturated heterocycles. The number of rotatable bonds is 7. The van der Waals surface area contributed by atoms with Gasteiger partial charge in [-0.2, -0.15) is 11.8 Å². The Bertz CT molecular complexity index is 340. The van der Waals surface area contributed by atoms with Crippen LogP contribution in [-0.2, 0) is 9.53 Å². The summed E-state index contributed by atoms with van der Waals surface area (Å²) in [6, 6.07) is 7.29. The molecule has 0 aromatic heterocycles. The number of esters is 1. The highest BCUT2D eigenvalue weighted by Crippen LogP contribution is 2.13. The topological polar surface area (TPSA) is 61.5 Å². The van der Waals surface area contributed by atoms with Crippen LogP contribution in [0.25, 0.3) is 0 Å². The second kappa shape index (κ2) is 7.84. The average molecular weight is 255 g/mol. The van der Waals surface area contributed by atoms with E-state index in [9.17, 15) is 4.79 Å². The Kier molecular flexibility index (Phi) is 6.32. The van der Waals surface area contributed by atoms with Crippen molar-refractivity contribution in [3.8, 4) is 5.75 Å². The van der Waals surface area contributed by atoms with Crippen LogP contribution in [0.4, 0.5) is 5.69 Å². The molecular formula is C12H17NO3S. The number of carbonyl (C=O) groups excluding carboxylic acids is 1. The van der Waals surface area contributed by atoms with Crippen molar-refractivity contribution in [1.82, 2.24) is 0 Å². The van der Waals surface area contributed by atoms with Crippen LogP contribution in [-0.4, -0.2) is 31.2 Å². The molecule has 0 spiro atoms. The van der Waals surface area contributed by atoms with E-state index in [4.69, 9.17) is 10.5 Å². The molecule has 1 aromatic rings. The number of methoxy groups -OCH3 is 1. The predicted molar refractivity (Wildman–Crippen MR) is 70.3 cm³/mol. The number of hydrogen-bond acceptors (Lipinski definition) is 5. The van der Waals surface area contributed by atoms with E-state index in [0.29, 0.717) is 13.0 Å². The lowest BCUT2D eigenvalue weighted by Crippen LogP contribution is -2.04. The van der Waals surface area contributed by atoms with Crippen molar-refractivity contribution in [2.75, 3.05) is 31.0 Å². The zero-order valence-electron chi connectivity index (χ0n) is 9.85. The first-order valence-electron chi connectivity index (χ1n) is 5.35. The largest absolute Gasteiger partial charge is 0.493 e. The third-order valence-electron chi connectivity index (χ3n) is 2.05. The van der Waals surface area contributed by atoms with Gasteiger partial charge in [-0.05, 0) is 24.3 Å². The minimum atomic E-state index is -0.169. The fourth-order valence-corrected chi connectivity index (χ4v) is 1.86. The second-order valence-electron chi connectivity index (χ2n) is 3.36. The fourth-order valence-electron chi connectivity index (χ4n) is 1.14. The highest BCUT2D eigenvalue weighted by atomic mass is 32.2. The molecular weight excluding hydrogens is 238 g/mol. The van der Waals surface area contributed by atoms with E-state index < -0.39 is 0 Å². The molecule has 0 atom stereocenters. The molecule has 0 fully saturated rings. The van der Waals surface area contributed by atoms with E-state index in [1.54, 1.807) is 23.9 Å². The molecule has 1 aromatic carbocycles. The molecule has 94 valence electrons. The predicted octanol–water partition coefficient (Wildman–Crippen LogP) is 1.94. The molecule has 0 unspecified atom stereocenters. The lowest BCUT2D eigenvalue weighted by atomic mass is 10.3. The van der Waals surface area contributed by atoms with Crippen LogP contribution < -0.4 is 10.5 Å². The molecule has 0 aliphatic heterocycles. The van der Waals surface area contributed by atoms with Crippen molar-refractivity contribution >= 4 is 23.4 Å². The smallest absolute Gasteiger partial charge is 0.306 e. The van der Waals surface area contributed by atoms with Crippen LogP contribution in [0.1, 0.15) is 6.42 Å². The number of nitrogens with two attached hydrogens (primary N) is 1. The van der Waals surface area contributed by atoms with Crippen molar-refractivity contribution in [2.45, 2.75) is 6.42 Å². The molecule has 0 amide bonds. The van der Waals surface area contributed by atoms with Crippen LogP contribution in [0.3, 0.4) is 0 Å². The van der Waals surface area contributed by atoms with Gasteiger partial charge in [-0.15, -0.1) is 0 Å². The number of thioether (sulfide) groups is 1. The maximum atomic E-state index is 10.8. The molecule has 0 heterocycles. The van der Waals surface area contributed by atoms with E-state index in [1.807, 2.05) is 12.1 Å². The molecule has 2 N–H and O–H groups in total. The highest BCUT2D eigenvalue weighted by molar-refractivity contribution is 7.99. The average Bonchev–Trinajstić information content (AvgIpc) is 2.35. The van der Waals surface area contributed by atoms with E-state index in [0.717, 1.165) is 22.9 Å². The number of nitrogen functional groups attached to an aromatic ring is 1. The molecule has 5 heteroatoms. The van der Waals surface area contributed by atoms with Crippen molar-refractivity contribution in [3.63, 3.8) is 0 Å². The maximum Gasteiger partial charge on any atom is 0.306 e. The molecule has 4 nitrogen and oxygen atoms in total. The van der Waals surface area contributed by atoms with E-state index in [1.165, 1.54) is 7.11 Å². The van der Waals surface area contributed by atoms with Gasteiger partial charge in [0, 0.05) is 17.2 Å². The Morgan fingerprint density at radius 2 is 2.00 bits per heavy atom. The summed E-state index contributed by atoms with van der Waals surface area (Å²) in [6.45, 7) is 0.621. The van der Waals surface area contributed by atoms with E-state index in [-0.39, 0.29) is 5.97 Å². The van der Waals surface area contributed by atoms with Crippen LogP contribution in [0, 0.1) is 0 Å². The first-order chi connectivity index (χ1) is 8.22. The standard InChI is InChI=1S/C12H17NO3S/c1-15-12(14)6-8-17-9-7-16-11-4-2-10(13)3-5-11/h2-5H,6-9,13H2,1H3. The second-order valence-corrected chi connectivity index (χ2v) is 4.58. The first kappa shape index (κ1) is 13.7. The zero-order valence-corrected chi connectivity index (χ0v) is 10.7. The quantitative estimate of drug-likeness (QED) is 0.458. The van der Waals surface area contributed by atoms with Gasteiger partial charge in [-0.1, -0.05) is 0 Å². The minimum absolute atomic E-state index is 0.169. The summed E-state index contributed by atoms with van der Waals surface area (Å²) in [5.41, 5.74) is 6.29. The number of ether oxygens (including phenoxy) is 2. The van der Waals surface area contributed by atoms with Gasteiger partial charge >= 0.3 is 5.97 Å². The summed E-state index contributed by atoms with van der Waals surface area (Å²) < 4.78 is 10.0. The van der Waals surface area contributed by atoms with Gasteiger partial charge in [0.1, 0.15) is 5.75 Å². The third-order valence-corrected chi connectivity index (χ3v) is 3.00. The number of anilines is 1. The summed E-state index contributed by atoms with van der Waals surface area (Å²) in [5.74, 6) is 2.25. The summed E-state index contributed by atoms with van der Waals surface area (Å²) in [5, 5.41) is 0. The molecule has 17 heavy (non-hydrogen) atoms. The van der Waals surface area contributed by atoms with Gasteiger partial charge in [0.05, 0.1) is 20.1 Å². The van der Waals surface area contributed by atoms with Gasteiger partial charge in [0.25, 0.3) is 0 Å². The Morgan fingerprint density at radius 1 is 1.29 bits per heavy atom. The van der Waals surface area contributed by atoms with Gasteiger partial charge in [0.2, 0.25) is 0 Å². The summed E-state index contributed by atoms with van der Waals surface area (Å²) in [7, 11) is 1.40. The Hall–Kier alpha value is -1.36. The minimum Gasteiger partial charge on any atom is -0.493 e. The van der Waals surface area contributed by atoms with E-state index >= 15 is 0 Å². The summed E-state index contributed by atoms with van der Waals surface area (Å²) in [6.07, 6.45) is 0.447. The lowest BCUT2D eigenvalue weighted by molar-refractivity contribution is -0.140. The molecule has 0 radical (unpaired) electrons. The van der Waals surface area contributed by atoms with Crippen LogP contribution in [0.5, 0.6) is 5.75 Å². The van der Waals surface area contributed by atoms with Gasteiger partial charge in [-0.3, -0.25) is 4.79 Å². The van der Waals surface area contributed by atoms with Crippen LogP contribution >= 0.6 is 11.8 Å². The van der Waals surface area contributed by atoms with Crippen molar-refractivity contribution in [2.24, 2.45) is 0 Å². The van der Waals surface area contributed by atoms with E-state index in [2.05, 4.69) is 4.74 Å². The third kappa shape index (κ3) is 6.06. The number of hydrogen-bond donors (Lipinski definition) is 1. The number of carbonyl (C=O) groups is 1. The molecule has 0 aliphatic carbocycles. The fraction of sp³-hybridized carbons (Fsp3) is 0.417. The van der Waals surface area contributed by atoms with Crippen molar-refractivity contribution < 1.29 is 14.3 Å². The Balaban J connectivity index is 2.04. The highest BCUT2D eigenvalue weighted by Gasteiger charge is 1.99. The van der Waals surface area contributed by atoms with Crippen LogP contribution in [0.15, 0.2) is 24.3 Å². The van der Waals surface area contributed by atoms with Crippen molar-refractivity contribution in [1.29, 1.82) is 0 Å². The maximum absolute atomic E-state index is 10.8. The van der Waals surface area contributed by atoms with Crippen molar-refractivity contribution in [3.05, 3.63) is 24.3 Å². The summed E-state index contributed by atoms with van der Waals surface area (Å²) in [4.78, 5) is 10.8. The molecule has 0 bridgehead atoms. The van der Waals surface area contributed by atoms with Gasteiger partial charge < -0.3 is 15.2 Å². The number of benzene rings is 1. The molecule has 1 rings (SSSR count). The Morgan fingerprint density at radius 3 is 2.65 bits per heavy atom. The Labute approximate surface area is 105 Å². The monoisotopic (exact) mass is 255 g/mol. The molecule has 0 saturated carbocycles. The zero-order chi connectivity index (χ0) is 12.5. The van der Waals surface area contributed by atoms with Gasteiger partial charge in [-0.25, -0.2) is 0 Å². The lowest BCUT2D eigenvalue weighted by Gasteiger charge is -2.05. The summed E-state index contributed by atoms with van der Waals surface area (Å²) >= 11 is 1.67. The SMILES string of the molecule is COC(=O)CCSCCOc1ccc(N)cc1.